The van der Waals surface area contributed by atoms with Crippen LogP contribution in [0.2, 0.25) is 0 Å². The highest BCUT2D eigenvalue weighted by Gasteiger charge is 2.26. The Kier molecular flexibility index (Phi) is 5.86. The Morgan fingerprint density at radius 1 is 1.26 bits per heavy atom. The molecule has 1 fully saturated rings. The fraction of sp³-hybridized carbons (Fsp3) is 0.625. The van der Waals surface area contributed by atoms with Crippen LogP contribution in [0.15, 0.2) is 28.7 Å². The van der Waals surface area contributed by atoms with Crippen molar-refractivity contribution in [1.82, 2.24) is 5.32 Å². The molecule has 0 amide bonds. The molecule has 1 aromatic rings. The molecular formula is C16H24BrNO. The monoisotopic (exact) mass is 325 g/mol. The summed E-state index contributed by atoms with van der Waals surface area (Å²) < 4.78 is 1.12. The summed E-state index contributed by atoms with van der Waals surface area (Å²) in [4.78, 5) is 0. The first-order chi connectivity index (χ1) is 9.24. The third-order valence-electron chi connectivity index (χ3n) is 4.24. The molecular weight excluding hydrogens is 302 g/mol. The molecule has 2 N–H and O–H groups in total. The lowest BCUT2D eigenvalue weighted by atomic mass is 9.84. The highest BCUT2D eigenvalue weighted by molar-refractivity contribution is 9.10. The standard InChI is InChI=1S/C16H24BrNO/c1-2-15(12-7-9-14(17)10-8-12)18-16-6-4-3-5-13(16)11-19/h7-10,13,15-16,18-19H,2-6,11H2,1H3. The van der Waals surface area contributed by atoms with Crippen LogP contribution >= 0.6 is 15.9 Å². The van der Waals surface area contributed by atoms with Gasteiger partial charge in [0, 0.05) is 23.2 Å². The molecule has 2 nitrogen and oxygen atoms in total. The molecule has 3 heteroatoms. The molecule has 0 radical (unpaired) electrons. The van der Waals surface area contributed by atoms with Crippen molar-refractivity contribution >= 4 is 15.9 Å². The van der Waals surface area contributed by atoms with E-state index in [4.69, 9.17) is 0 Å². The lowest BCUT2D eigenvalue weighted by Gasteiger charge is -2.34. The van der Waals surface area contributed by atoms with Crippen molar-refractivity contribution in [2.75, 3.05) is 6.61 Å². The summed E-state index contributed by atoms with van der Waals surface area (Å²) in [6, 6.07) is 9.43. The van der Waals surface area contributed by atoms with Crippen LogP contribution in [-0.4, -0.2) is 17.8 Å². The van der Waals surface area contributed by atoms with Gasteiger partial charge in [-0.05, 0) is 42.9 Å². The summed E-state index contributed by atoms with van der Waals surface area (Å²) in [6.45, 7) is 2.53. The number of aliphatic hydroxyl groups excluding tert-OH is 1. The first-order valence-electron chi connectivity index (χ1n) is 7.37. The highest BCUT2D eigenvalue weighted by Crippen LogP contribution is 2.28. The van der Waals surface area contributed by atoms with E-state index in [0.717, 1.165) is 17.3 Å². The summed E-state index contributed by atoms with van der Waals surface area (Å²) in [5, 5.41) is 13.3. The zero-order valence-electron chi connectivity index (χ0n) is 11.6. The van der Waals surface area contributed by atoms with Gasteiger partial charge in [-0.25, -0.2) is 0 Å². The van der Waals surface area contributed by atoms with Crippen molar-refractivity contribution in [3.8, 4) is 0 Å². The van der Waals surface area contributed by atoms with E-state index in [9.17, 15) is 5.11 Å². The topological polar surface area (TPSA) is 32.3 Å². The smallest absolute Gasteiger partial charge is 0.0474 e. The van der Waals surface area contributed by atoms with Crippen LogP contribution < -0.4 is 5.32 Å². The van der Waals surface area contributed by atoms with Crippen molar-refractivity contribution in [3.63, 3.8) is 0 Å². The number of aliphatic hydroxyl groups is 1. The number of nitrogens with one attached hydrogen (secondary N) is 1. The van der Waals surface area contributed by atoms with E-state index in [1.165, 1.54) is 24.8 Å². The summed E-state index contributed by atoms with van der Waals surface area (Å²) in [7, 11) is 0. The first kappa shape index (κ1) is 15.0. The fourth-order valence-electron chi connectivity index (χ4n) is 3.05. The zero-order valence-corrected chi connectivity index (χ0v) is 13.2. The molecule has 1 aliphatic rings. The Balaban J connectivity index is 2.03. The van der Waals surface area contributed by atoms with E-state index in [1.807, 2.05) is 0 Å². The first-order valence-corrected chi connectivity index (χ1v) is 8.16. The SMILES string of the molecule is CCC(NC1CCCCC1CO)c1ccc(Br)cc1. The Morgan fingerprint density at radius 3 is 2.58 bits per heavy atom. The number of halogens is 1. The van der Waals surface area contributed by atoms with Crippen LogP contribution in [0.3, 0.4) is 0 Å². The lowest BCUT2D eigenvalue weighted by Crippen LogP contribution is -2.42. The predicted molar refractivity (Wildman–Crippen MR) is 83.1 cm³/mol. The van der Waals surface area contributed by atoms with Crippen LogP contribution in [0.4, 0.5) is 0 Å². The third-order valence-corrected chi connectivity index (χ3v) is 4.77. The zero-order chi connectivity index (χ0) is 13.7. The van der Waals surface area contributed by atoms with E-state index < -0.39 is 0 Å². The van der Waals surface area contributed by atoms with Crippen LogP contribution in [0.5, 0.6) is 0 Å². The van der Waals surface area contributed by atoms with Gasteiger partial charge in [-0.3, -0.25) is 0 Å². The van der Waals surface area contributed by atoms with Crippen molar-refractivity contribution in [2.24, 2.45) is 5.92 Å². The van der Waals surface area contributed by atoms with Crippen LogP contribution in [0, 0.1) is 5.92 Å². The van der Waals surface area contributed by atoms with Gasteiger partial charge < -0.3 is 10.4 Å². The van der Waals surface area contributed by atoms with Gasteiger partial charge >= 0.3 is 0 Å². The minimum atomic E-state index is 0.314. The molecule has 3 atom stereocenters. The molecule has 1 saturated carbocycles. The molecule has 0 aliphatic heterocycles. The van der Waals surface area contributed by atoms with Crippen LogP contribution in [0.1, 0.15) is 50.6 Å². The van der Waals surface area contributed by atoms with E-state index in [1.54, 1.807) is 0 Å². The molecule has 106 valence electrons. The van der Waals surface area contributed by atoms with Gasteiger partial charge in [0.2, 0.25) is 0 Å². The van der Waals surface area contributed by atoms with E-state index in [-0.39, 0.29) is 0 Å². The highest BCUT2D eigenvalue weighted by atomic mass is 79.9. The summed E-state index contributed by atoms with van der Waals surface area (Å²) in [6.07, 6.45) is 5.98. The second kappa shape index (κ2) is 7.41. The maximum atomic E-state index is 9.51. The van der Waals surface area contributed by atoms with Crippen LogP contribution in [-0.2, 0) is 0 Å². The van der Waals surface area contributed by atoms with Crippen molar-refractivity contribution in [3.05, 3.63) is 34.3 Å². The van der Waals surface area contributed by atoms with Gasteiger partial charge in [-0.1, -0.05) is 47.8 Å². The number of rotatable bonds is 5. The van der Waals surface area contributed by atoms with Crippen molar-refractivity contribution in [2.45, 2.75) is 51.1 Å². The molecule has 0 spiro atoms. The van der Waals surface area contributed by atoms with Gasteiger partial charge in [-0.2, -0.15) is 0 Å². The Labute approximate surface area is 124 Å². The van der Waals surface area contributed by atoms with Gasteiger partial charge in [0.25, 0.3) is 0 Å². The molecule has 0 aromatic heterocycles. The van der Waals surface area contributed by atoms with Gasteiger partial charge in [0.1, 0.15) is 0 Å². The largest absolute Gasteiger partial charge is 0.396 e. The maximum absolute atomic E-state index is 9.51. The van der Waals surface area contributed by atoms with Crippen molar-refractivity contribution in [1.29, 1.82) is 0 Å². The molecule has 1 aromatic carbocycles. The Bertz CT molecular complexity index is 379. The molecule has 19 heavy (non-hydrogen) atoms. The maximum Gasteiger partial charge on any atom is 0.0474 e. The molecule has 3 unspecified atom stereocenters. The van der Waals surface area contributed by atoms with Gasteiger partial charge in [0.05, 0.1) is 0 Å². The quantitative estimate of drug-likeness (QED) is 0.856. The fourth-order valence-corrected chi connectivity index (χ4v) is 3.31. The summed E-state index contributed by atoms with van der Waals surface area (Å²) in [5.41, 5.74) is 1.34. The van der Waals surface area contributed by atoms with Gasteiger partial charge in [0.15, 0.2) is 0 Å². The van der Waals surface area contributed by atoms with E-state index >= 15 is 0 Å². The molecule has 2 rings (SSSR count). The molecule has 0 saturated heterocycles. The Hall–Kier alpha value is -0.380. The average molecular weight is 326 g/mol. The molecule has 0 heterocycles. The number of benzene rings is 1. The van der Waals surface area contributed by atoms with E-state index in [0.29, 0.717) is 24.6 Å². The summed E-state index contributed by atoms with van der Waals surface area (Å²) in [5.74, 6) is 0.429. The lowest BCUT2D eigenvalue weighted by molar-refractivity contribution is 0.145. The predicted octanol–water partition coefficient (Wildman–Crippen LogP) is 4.04. The van der Waals surface area contributed by atoms with Gasteiger partial charge in [-0.15, -0.1) is 0 Å². The Morgan fingerprint density at radius 2 is 1.95 bits per heavy atom. The number of hydrogen-bond acceptors (Lipinski definition) is 2. The normalized spacial score (nSPS) is 25.2. The minimum Gasteiger partial charge on any atom is -0.396 e. The average Bonchev–Trinajstić information content (AvgIpc) is 2.46. The van der Waals surface area contributed by atoms with Crippen molar-refractivity contribution < 1.29 is 5.11 Å². The molecule has 1 aliphatic carbocycles. The summed E-state index contributed by atoms with van der Waals surface area (Å²) >= 11 is 3.48. The molecule has 0 bridgehead atoms. The second-order valence-electron chi connectivity index (χ2n) is 5.51. The second-order valence-corrected chi connectivity index (χ2v) is 6.43. The minimum absolute atomic E-state index is 0.314. The van der Waals surface area contributed by atoms with Crippen LogP contribution in [0.25, 0.3) is 0 Å². The van der Waals surface area contributed by atoms with E-state index in [2.05, 4.69) is 52.4 Å². The third kappa shape index (κ3) is 4.04. The number of hydrogen-bond donors (Lipinski definition) is 2.